The van der Waals surface area contributed by atoms with Gasteiger partial charge in [-0.15, -0.1) is 0 Å². The number of phosphoric acid groups is 1. The fraction of sp³-hybridized carbons (Fsp3) is 0.611. The zero-order chi connectivity index (χ0) is 22.9. The molecule has 4 rings (SSSR count). The molecular formula is C18H23N5O8P-. The summed E-state index contributed by atoms with van der Waals surface area (Å²) in [6.07, 6.45) is 1.32. The molecule has 0 bridgehead atoms. The van der Waals surface area contributed by atoms with Gasteiger partial charge >= 0.3 is 5.97 Å². The largest absolute Gasteiger partial charge is 0.756 e. The highest BCUT2D eigenvalue weighted by Crippen LogP contribution is 2.52. The van der Waals surface area contributed by atoms with Crippen LogP contribution in [0.3, 0.4) is 0 Å². The van der Waals surface area contributed by atoms with Gasteiger partial charge in [-0.05, 0) is 12.8 Å². The lowest BCUT2D eigenvalue weighted by Crippen LogP contribution is -2.38. The Morgan fingerprint density at radius 2 is 2.06 bits per heavy atom. The summed E-state index contributed by atoms with van der Waals surface area (Å²) in [5.74, 6) is -1.13. The van der Waals surface area contributed by atoms with Crippen molar-refractivity contribution in [3.63, 3.8) is 0 Å². The zero-order valence-corrected chi connectivity index (χ0v) is 18.4. The van der Waals surface area contributed by atoms with Crippen molar-refractivity contribution in [2.24, 2.45) is 5.92 Å². The Morgan fingerprint density at radius 3 is 2.81 bits per heavy atom. The number of anilines is 1. The third-order valence-electron chi connectivity index (χ3n) is 5.07. The lowest BCUT2D eigenvalue weighted by atomic mass is 10.0. The Bertz CT molecular complexity index is 1060. The van der Waals surface area contributed by atoms with Gasteiger partial charge in [0.2, 0.25) is 5.91 Å². The normalized spacial score (nSPS) is 29.6. The molecule has 0 radical (unpaired) electrons. The summed E-state index contributed by atoms with van der Waals surface area (Å²) in [5.41, 5.74) is 0.610. The number of hydrogen-bond acceptors (Lipinski definition) is 11. The molecule has 14 heteroatoms. The first-order valence-electron chi connectivity index (χ1n) is 10.3. The minimum atomic E-state index is -4.53. The Labute approximate surface area is 183 Å². The number of aromatic nitrogens is 4. The predicted octanol–water partition coefficient (Wildman–Crippen LogP) is 1.26. The van der Waals surface area contributed by atoms with Gasteiger partial charge in [-0.25, -0.2) is 15.0 Å². The fourth-order valence-electron chi connectivity index (χ4n) is 3.63. The number of phosphoric ester groups is 1. The van der Waals surface area contributed by atoms with Crippen molar-refractivity contribution in [2.45, 2.75) is 58.2 Å². The molecule has 0 spiro atoms. The molecule has 2 fully saturated rings. The van der Waals surface area contributed by atoms with E-state index in [0.29, 0.717) is 30.4 Å². The van der Waals surface area contributed by atoms with Gasteiger partial charge in [0.15, 0.2) is 35.6 Å². The van der Waals surface area contributed by atoms with Gasteiger partial charge < -0.3 is 24.2 Å². The lowest BCUT2D eigenvalue weighted by Gasteiger charge is -2.34. The molecule has 1 N–H and O–H groups in total. The van der Waals surface area contributed by atoms with Crippen molar-refractivity contribution in [3.05, 3.63) is 12.7 Å². The number of amides is 1. The van der Waals surface area contributed by atoms with Gasteiger partial charge in [-0.2, -0.15) is 0 Å². The topological polar surface area (TPSA) is 167 Å². The summed E-state index contributed by atoms with van der Waals surface area (Å²) >= 11 is 0. The minimum absolute atomic E-state index is 0.183. The van der Waals surface area contributed by atoms with E-state index in [1.165, 1.54) is 17.2 Å². The molecule has 32 heavy (non-hydrogen) atoms. The first-order chi connectivity index (χ1) is 15.3. The molecule has 2 saturated heterocycles. The molecule has 2 aliphatic rings. The van der Waals surface area contributed by atoms with Gasteiger partial charge in [-0.1, -0.05) is 13.8 Å². The number of nitrogens with one attached hydrogen (secondary N) is 1. The zero-order valence-electron chi connectivity index (χ0n) is 17.5. The highest BCUT2D eigenvalue weighted by molar-refractivity contribution is 7.45. The number of imidazole rings is 1. The van der Waals surface area contributed by atoms with Crippen molar-refractivity contribution in [2.75, 3.05) is 11.9 Å². The molecule has 0 saturated carbocycles. The lowest BCUT2D eigenvalue weighted by molar-refractivity contribution is -0.262. The van der Waals surface area contributed by atoms with Crippen molar-refractivity contribution in [1.82, 2.24) is 19.5 Å². The van der Waals surface area contributed by atoms with Crippen LogP contribution in [0.15, 0.2) is 12.7 Å². The molecule has 0 aliphatic carbocycles. The number of rotatable bonds is 7. The molecular weight excluding hydrogens is 445 g/mol. The van der Waals surface area contributed by atoms with Crippen molar-refractivity contribution < 1.29 is 37.6 Å². The molecule has 2 aromatic heterocycles. The Hall–Kier alpha value is -2.44. The average molecular weight is 468 g/mol. The molecule has 2 aliphatic heterocycles. The third kappa shape index (κ3) is 4.52. The predicted molar refractivity (Wildman–Crippen MR) is 106 cm³/mol. The van der Waals surface area contributed by atoms with E-state index in [2.05, 4.69) is 20.3 Å². The summed E-state index contributed by atoms with van der Waals surface area (Å²) in [6.45, 7) is 3.46. The van der Waals surface area contributed by atoms with E-state index in [0.717, 1.165) is 0 Å². The number of carbonyl (C=O) groups is 2. The second-order valence-electron chi connectivity index (χ2n) is 7.46. The fourth-order valence-corrected chi connectivity index (χ4v) is 4.51. The molecule has 1 amide bonds. The van der Waals surface area contributed by atoms with E-state index in [4.69, 9.17) is 18.5 Å². The van der Waals surface area contributed by atoms with E-state index in [9.17, 15) is 19.0 Å². The van der Waals surface area contributed by atoms with Gasteiger partial charge in [0.25, 0.3) is 7.82 Å². The number of ether oxygens (including phenoxy) is 2. The van der Waals surface area contributed by atoms with Crippen LogP contribution in [0.25, 0.3) is 11.2 Å². The molecule has 2 aromatic rings. The SMILES string of the molecule is CCCC(=O)Nc1ncnc2c1ncn2[C@@H]1O[C@@H]2OP(=O)([O-])OC[C@H]2[C@H]1OC(=O)CCC. The minimum Gasteiger partial charge on any atom is -0.756 e. The molecule has 5 atom stereocenters. The van der Waals surface area contributed by atoms with Gasteiger partial charge in [0.05, 0.1) is 18.9 Å². The summed E-state index contributed by atoms with van der Waals surface area (Å²) in [4.78, 5) is 48.6. The van der Waals surface area contributed by atoms with E-state index >= 15 is 0 Å². The molecule has 0 aromatic carbocycles. The number of fused-ring (bicyclic) bond motifs is 2. The molecule has 4 heterocycles. The maximum absolute atomic E-state index is 12.2. The van der Waals surface area contributed by atoms with Gasteiger partial charge in [0.1, 0.15) is 6.33 Å². The van der Waals surface area contributed by atoms with E-state index in [1.54, 1.807) is 0 Å². The first kappa shape index (κ1) is 22.7. The van der Waals surface area contributed by atoms with Crippen LogP contribution < -0.4 is 10.2 Å². The third-order valence-corrected chi connectivity index (χ3v) is 6.01. The van der Waals surface area contributed by atoms with Crippen LogP contribution in [0.5, 0.6) is 0 Å². The second kappa shape index (κ2) is 9.20. The maximum Gasteiger partial charge on any atom is 0.306 e. The second-order valence-corrected chi connectivity index (χ2v) is 8.82. The molecule has 13 nitrogen and oxygen atoms in total. The smallest absolute Gasteiger partial charge is 0.306 e. The summed E-state index contributed by atoms with van der Waals surface area (Å²) in [6, 6.07) is 0. The van der Waals surface area contributed by atoms with Crippen molar-refractivity contribution in [3.8, 4) is 0 Å². The number of nitrogens with zero attached hydrogens (tertiary/aromatic N) is 4. The van der Waals surface area contributed by atoms with E-state index < -0.39 is 38.3 Å². The van der Waals surface area contributed by atoms with Crippen LogP contribution in [0.1, 0.15) is 45.8 Å². The monoisotopic (exact) mass is 468 g/mol. The van der Waals surface area contributed by atoms with Crippen LogP contribution in [-0.2, 0) is 32.7 Å². The van der Waals surface area contributed by atoms with Crippen LogP contribution in [0.4, 0.5) is 5.82 Å². The Morgan fingerprint density at radius 1 is 1.28 bits per heavy atom. The van der Waals surface area contributed by atoms with Gasteiger partial charge in [-0.3, -0.25) is 23.2 Å². The highest BCUT2D eigenvalue weighted by atomic mass is 31.2. The number of esters is 1. The Kier molecular flexibility index (Phi) is 6.54. The van der Waals surface area contributed by atoms with Crippen LogP contribution in [0.2, 0.25) is 0 Å². The summed E-state index contributed by atoms with van der Waals surface area (Å²) in [7, 11) is -4.53. The van der Waals surface area contributed by atoms with E-state index in [1.807, 2.05) is 13.8 Å². The molecule has 174 valence electrons. The Balaban J connectivity index is 1.67. The van der Waals surface area contributed by atoms with Crippen LogP contribution in [0, 0.1) is 5.92 Å². The first-order valence-corrected chi connectivity index (χ1v) is 11.7. The summed E-state index contributed by atoms with van der Waals surface area (Å²) < 4.78 is 34.4. The number of hydrogen-bond donors (Lipinski definition) is 1. The van der Waals surface area contributed by atoms with Crippen LogP contribution in [-0.4, -0.2) is 50.4 Å². The average Bonchev–Trinajstić information content (AvgIpc) is 3.29. The van der Waals surface area contributed by atoms with Gasteiger partial charge in [0, 0.05) is 12.8 Å². The van der Waals surface area contributed by atoms with E-state index in [-0.39, 0.29) is 24.8 Å². The highest BCUT2D eigenvalue weighted by Gasteiger charge is 2.53. The standard InChI is InChI=1S/C18H24N5O8P/c1-3-5-11(24)22-15-13-16(20-8-19-15)23(9-21-13)17-14(29-12(25)6-4-2)10-7-28-32(26,27)31-18(10)30-17/h8-10,14,17-18H,3-7H2,1-2H3,(H,26,27)(H,19,20,22,24)/p-1/t10-,14+,17+,18+/m0/s1. The van der Waals surface area contributed by atoms with Crippen LogP contribution >= 0.6 is 7.82 Å². The summed E-state index contributed by atoms with van der Waals surface area (Å²) in [5, 5.41) is 2.70. The van der Waals surface area contributed by atoms with Crippen molar-refractivity contribution >= 4 is 36.7 Å². The quantitative estimate of drug-likeness (QED) is 0.459. The van der Waals surface area contributed by atoms with Crippen molar-refractivity contribution in [1.29, 1.82) is 0 Å². The molecule has 1 unspecified atom stereocenters. The number of carbonyl (C=O) groups excluding carboxylic acids is 2. The maximum atomic E-state index is 12.2.